The maximum absolute atomic E-state index is 12.1. The van der Waals surface area contributed by atoms with E-state index in [4.69, 9.17) is 15.2 Å². The Hall–Kier alpha value is -2.05. The standard InChI is InChI=1S/C16H23N3O3/c1-11(10-22-7-6-21-3)18-14-9-16(20)19(2)15-5-4-12(17)8-13(14)15/h4-5,8-9,11,18H,6-7,10,17H2,1-3H3. The van der Waals surface area contributed by atoms with Crippen LogP contribution < -0.4 is 16.6 Å². The molecule has 0 aliphatic carbocycles. The summed E-state index contributed by atoms with van der Waals surface area (Å²) in [6.45, 7) is 3.65. The Morgan fingerprint density at radius 1 is 1.32 bits per heavy atom. The Morgan fingerprint density at radius 2 is 2.09 bits per heavy atom. The van der Waals surface area contributed by atoms with Gasteiger partial charge >= 0.3 is 0 Å². The molecule has 2 rings (SSSR count). The smallest absolute Gasteiger partial charge is 0.252 e. The highest BCUT2D eigenvalue weighted by Gasteiger charge is 2.10. The minimum atomic E-state index is -0.0627. The van der Waals surface area contributed by atoms with Crippen LogP contribution in [0.5, 0.6) is 0 Å². The van der Waals surface area contributed by atoms with Crippen LogP contribution >= 0.6 is 0 Å². The fourth-order valence-electron chi connectivity index (χ4n) is 2.31. The molecule has 120 valence electrons. The molecule has 0 saturated carbocycles. The molecule has 1 atom stereocenters. The van der Waals surface area contributed by atoms with Gasteiger partial charge in [0.25, 0.3) is 5.56 Å². The average molecular weight is 305 g/mol. The van der Waals surface area contributed by atoms with Crippen LogP contribution in [-0.2, 0) is 16.5 Å². The number of rotatable bonds is 7. The van der Waals surface area contributed by atoms with Gasteiger partial charge in [-0.2, -0.15) is 0 Å². The van der Waals surface area contributed by atoms with Crippen molar-refractivity contribution in [1.29, 1.82) is 0 Å². The second kappa shape index (κ2) is 7.29. The highest BCUT2D eigenvalue weighted by Crippen LogP contribution is 2.24. The van der Waals surface area contributed by atoms with Crippen molar-refractivity contribution in [2.75, 3.05) is 38.0 Å². The SMILES string of the molecule is COCCOCC(C)Nc1cc(=O)n(C)c2ccc(N)cc12. The summed E-state index contributed by atoms with van der Waals surface area (Å²) in [4.78, 5) is 12.1. The van der Waals surface area contributed by atoms with Crippen LogP contribution in [0.3, 0.4) is 0 Å². The van der Waals surface area contributed by atoms with Crippen molar-refractivity contribution < 1.29 is 9.47 Å². The molecule has 2 aromatic rings. The van der Waals surface area contributed by atoms with Crippen molar-refractivity contribution in [2.45, 2.75) is 13.0 Å². The summed E-state index contributed by atoms with van der Waals surface area (Å²) >= 11 is 0. The molecule has 0 amide bonds. The maximum Gasteiger partial charge on any atom is 0.252 e. The number of aryl methyl sites for hydroxylation is 1. The lowest BCUT2D eigenvalue weighted by molar-refractivity contribution is 0.0677. The monoisotopic (exact) mass is 305 g/mol. The number of methoxy groups -OCH3 is 1. The van der Waals surface area contributed by atoms with Gasteiger partial charge < -0.3 is 25.1 Å². The summed E-state index contributed by atoms with van der Waals surface area (Å²) < 4.78 is 12.1. The molecule has 0 radical (unpaired) electrons. The van der Waals surface area contributed by atoms with Crippen LogP contribution in [0.2, 0.25) is 0 Å². The third-order valence-corrected chi connectivity index (χ3v) is 3.47. The molecule has 1 aromatic heterocycles. The Balaban J connectivity index is 2.21. The largest absolute Gasteiger partial charge is 0.399 e. The van der Waals surface area contributed by atoms with Crippen LogP contribution in [0.4, 0.5) is 11.4 Å². The van der Waals surface area contributed by atoms with E-state index in [-0.39, 0.29) is 11.6 Å². The minimum Gasteiger partial charge on any atom is -0.399 e. The quantitative estimate of drug-likeness (QED) is 0.600. The number of nitrogens with one attached hydrogen (secondary N) is 1. The van der Waals surface area contributed by atoms with Gasteiger partial charge in [-0.05, 0) is 25.1 Å². The highest BCUT2D eigenvalue weighted by molar-refractivity contribution is 5.93. The third-order valence-electron chi connectivity index (χ3n) is 3.47. The van der Waals surface area contributed by atoms with Crippen LogP contribution in [0.1, 0.15) is 6.92 Å². The third kappa shape index (κ3) is 3.78. The molecule has 0 fully saturated rings. The van der Waals surface area contributed by atoms with Gasteiger partial charge in [-0.25, -0.2) is 0 Å². The number of pyridine rings is 1. The molecule has 1 heterocycles. The summed E-state index contributed by atoms with van der Waals surface area (Å²) in [6.07, 6.45) is 0. The number of fused-ring (bicyclic) bond motifs is 1. The number of benzene rings is 1. The number of anilines is 2. The molecule has 0 saturated heterocycles. The molecule has 3 N–H and O–H groups in total. The predicted octanol–water partition coefficient (Wildman–Crippen LogP) is 1.58. The molecular weight excluding hydrogens is 282 g/mol. The van der Waals surface area contributed by atoms with Crippen molar-refractivity contribution >= 4 is 22.3 Å². The first-order valence-corrected chi connectivity index (χ1v) is 7.25. The van der Waals surface area contributed by atoms with Crippen LogP contribution in [0, 0.1) is 0 Å². The Kier molecular flexibility index (Phi) is 5.41. The minimum absolute atomic E-state index is 0.0627. The second-order valence-electron chi connectivity index (χ2n) is 5.34. The zero-order chi connectivity index (χ0) is 16.1. The molecule has 0 aliphatic rings. The fourth-order valence-corrected chi connectivity index (χ4v) is 2.31. The van der Waals surface area contributed by atoms with Gasteiger partial charge in [0.15, 0.2) is 0 Å². The average Bonchev–Trinajstić information content (AvgIpc) is 2.49. The van der Waals surface area contributed by atoms with E-state index in [1.165, 1.54) is 0 Å². The van der Waals surface area contributed by atoms with Crippen molar-refractivity contribution in [3.63, 3.8) is 0 Å². The Morgan fingerprint density at radius 3 is 2.82 bits per heavy atom. The summed E-state index contributed by atoms with van der Waals surface area (Å²) in [5.41, 5.74) is 8.09. The van der Waals surface area contributed by atoms with Gasteiger partial charge in [0.2, 0.25) is 0 Å². The zero-order valence-electron chi connectivity index (χ0n) is 13.3. The topological polar surface area (TPSA) is 78.5 Å². The van der Waals surface area contributed by atoms with E-state index >= 15 is 0 Å². The van der Waals surface area contributed by atoms with Gasteiger partial charge in [0.1, 0.15) is 0 Å². The molecule has 0 aliphatic heterocycles. The molecule has 6 heteroatoms. The molecule has 1 aromatic carbocycles. The summed E-state index contributed by atoms with van der Waals surface area (Å²) in [5, 5.41) is 4.24. The predicted molar refractivity (Wildman–Crippen MR) is 89.4 cm³/mol. The van der Waals surface area contributed by atoms with Crippen molar-refractivity contribution in [2.24, 2.45) is 7.05 Å². The number of aromatic nitrogens is 1. The fraction of sp³-hybridized carbons (Fsp3) is 0.438. The summed E-state index contributed by atoms with van der Waals surface area (Å²) in [5.74, 6) is 0. The lowest BCUT2D eigenvalue weighted by Gasteiger charge is -2.18. The molecule has 0 bridgehead atoms. The second-order valence-corrected chi connectivity index (χ2v) is 5.34. The van der Waals surface area contributed by atoms with Crippen LogP contribution in [-0.4, -0.2) is 37.5 Å². The lowest BCUT2D eigenvalue weighted by atomic mass is 10.1. The highest BCUT2D eigenvalue weighted by atomic mass is 16.5. The van der Waals surface area contributed by atoms with E-state index < -0.39 is 0 Å². The number of ether oxygens (including phenoxy) is 2. The Labute approximate surface area is 129 Å². The van der Waals surface area contributed by atoms with Gasteiger partial charge in [-0.3, -0.25) is 4.79 Å². The van der Waals surface area contributed by atoms with Crippen molar-refractivity contribution in [3.05, 3.63) is 34.6 Å². The maximum atomic E-state index is 12.1. The number of hydrogen-bond acceptors (Lipinski definition) is 5. The number of hydrogen-bond donors (Lipinski definition) is 2. The van der Waals surface area contributed by atoms with Gasteiger partial charge in [-0.15, -0.1) is 0 Å². The first-order valence-electron chi connectivity index (χ1n) is 7.25. The number of nitrogen functional groups attached to an aromatic ring is 1. The lowest BCUT2D eigenvalue weighted by Crippen LogP contribution is -2.25. The van der Waals surface area contributed by atoms with Crippen LogP contribution in [0.25, 0.3) is 10.9 Å². The van der Waals surface area contributed by atoms with Crippen molar-refractivity contribution in [3.8, 4) is 0 Å². The van der Waals surface area contributed by atoms with Gasteiger partial charge in [-0.1, -0.05) is 0 Å². The van der Waals surface area contributed by atoms with E-state index in [0.717, 1.165) is 16.6 Å². The first kappa shape index (κ1) is 16.3. The van der Waals surface area contributed by atoms with Crippen LogP contribution in [0.15, 0.2) is 29.1 Å². The van der Waals surface area contributed by atoms with E-state index in [1.807, 2.05) is 19.1 Å². The number of nitrogens with zero attached hydrogens (tertiary/aromatic N) is 1. The molecule has 0 spiro atoms. The first-order chi connectivity index (χ1) is 10.5. The molecular formula is C16H23N3O3. The molecule has 1 unspecified atom stereocenters. The van der Waals surface area contributed by atoms with E-state index in [2.05, 4.69) is 5.32 Å². The summed E-state index contributed by atoms with van der Waals surface area (Å²) in [7, 11) is 3.39. The van der Waals surface area contributed by atoms with Crippen molar-refractivity contribution in [1.82, 2.24) is 4.57 Å². The molecule has 6 nitrogen and oxygen atoms in total. The van der Waals surface area contributed by atoms with E-state index in [0.29, 0.717) is 25.5 Å². The zero-order valence-corrected chi connectivity index (χ0v) is 13.3. The normalized spacial score (nSPS) is 12.5. The molecule has 22 heavy (non-hydrogen) atoms. The Bertz CT molecular complexity index is 697. The van der Waals surface area contributed by atoms with Gasteiger partial charge in [0, 0.05) is 43.0 Å². The van der Waals surface area contributed by atoms with E-state index in [1.54, 1.807) is 30.9 Å². The number of nitrogens with two attached hydrogens (primary N) is 1. The summed E-state index contributed by atoms with van der Waals surface area (Å²) in [6, 6.07) is 7.18. The van der Waals surface area contributed by atoms with Gasteiger partial charge in [0.05, 0.1) is 25.3 Å². The van der Waals surface area contributed by atoms with E-state index in [9.17, 15) is 4.79 Å².